The number of aliphatic imine (C=N–C) groups is 1. The second kappa shape index (κ2) is 11.1. The number of methoxy groups -OCH3 is 1. The molecule has 0 spiro atoms. The van der Waals surface area contributed by atoms with Gasteiger partial charge in [0.2, 0.25) is 5.91 Å². The minimum absolute atomic E-state index is 0.101. The molecule has 8 heteroatoms. The van der Waals surface area contributed by atoms with Crippen LogP contribution in [0.1, 0.15) is 36.7 Å². The smallest absolute Gasteiger partial charge is 0.283 e. The molecule has 2 amide bonds. The Morgan fingerprint density at radius 1 is 1.17 bits per heavy atom. The SMILES string of the molecule is COc1cccc(N2C(=O)/C(=C\c3ccc(C(C)C)cc3)N=C2SCC(=O)NCc2ccco2)c1. The van der Waals surface area contributed by atoms with Gasteiger partial charge < -0.3 is 14.5 Å². The predicted octanol–water partition coefficient (Wildman–Crippen LogP) is 5.20. The molecule has 1 N–H and O–H groups in total. The first kappa shape index (κ1) is 24.3. The van der Waals surface area contributed by atoms with Crippen LogP contribution in [-0.4, -0.2) is 29.8 Å². The number of furan rings is 1. The predicted molar refractivity (Wildman–Crippen MR) is 139 cm³/mol. The highest BCUT2D eigenvalue weighted by atomic mass is 32.2. The molecule has 0 fully saturated rings. The van der Waals surface area contributed by atoms with Crippen molar-refractivity contribution in [1.82, 2.24) is 5.32 Å². The lowest BCUT2D eigenvalue weighted by atomic mass is 10.0. The first-order valence-corrected chi connectivity index (χ1v) is 12.2. The van der Waals surface area contributed by atoms with Gasteiger partial charge in [-0.1, -0.05) is 55.9 Å². The average Bonchev–Trinajstić information content (AvgIpc) is 3.50. The van der Waals surface area contributed by atoms with Gasteiger partial charge in [0.15, 0.2) is 5.17 Å². The lowest BCUT2D eigenvalue weighted by Crippen LogP contribution is -2.32. The van der Waals surface area contributed by atoms with Gasteiger partial charge >= 0.3 is 0 Å². The molecule has 0 unspecified atom stereocenters. The van der Waals surface area contributed by atoms with Gasteiger partial charge in [-0.3, -0.25) is 14.5 Å². The van der Waals surface area contributed by atoms with E-state index in [1.54, 1.807) is 37.6 Å². The molecule has 0 saturated heterocycles. The normalized spacial score (nSPS) is 14.5. The lowest BCUT2D eigenvalue weighted by Gasteiger charge is -2.18. The Labute approximate surface area is 208 Å². The minimum atomic E-state index is -0.260. The van der Waals surface area contributed by atoms with E-state index in [4.69, 9.17) is 9.15 Å². The van der Waals surface area contributed by atoms with E-state index in [1.165, 1.54) is 22.2 Å². The summed E-state index contributed by atoms with van der Waals surface area (Å²) in [5.74, 6) is 1.37. The fraction of sp³-hybridized carbons (Fsp3) is 0.222. The first-order valence-electron chi connectivity index (χ1n) is 11.3. The fourth-order valence-corrected chi connectivity index (χ4v) is 4.33. The van der Waals surface area contributed by atoms with Crippen LogP contribution in [0.5, 0.6) is 5.75 Å². The second-order valence-electron chi connectivity index (χ2n) is 8.23. The average molecular weight is 490 g/mol. The van der Waals surface area contributed by atoms with Crippen LogP contribution in [0.3, 0.4) is 0 Å². The van der Waals surface area contributed by atoms with E-state index in [2.05, 4.69) is 36.3 Å². The summed E-state index contributed by atoms with van der Waals surface area (Å²) in [6, 6.07) is 18.8. The molecule has 0 saturated carbocycles. The van der Waals surface area contributed by atoms with E-state index in [-0.39, 0.29) is 17.6 Å². The molecule has 3 aromatic rings. The first-order chi connectivity index (χ1) is 16.9. The molecule has 4 rings (SSSR count). The van der Waals surface area contributed by atoms with Gasteiger partial charge in [0, 0.05) is 6.07 Å². The molecule has 0 aliphatic carbocycles. The van der Waals surface area contributed by atoms with Crippen molar-refractivity contribution in [2.24, 2.45) is 4.99 Å². The third-order valence-corrected chi connectivity index (χ3v) is 6.36. The summed E-state index contributed by atoms with van der Waals surface area (Å²) in [4.78, 5) is 31.9. The van der Waals surface area contributed by atoms with Crippen molar-refractivity contribution in [3.05, 3.63) is 89.5 Å². The number of benzene rings is 2. The number of carbonyl (C=O) groups is 2. The van der Waals surface area contributed by atoms with Gasteiger partial charge in [-0.2, -0.15) is 0 Å². The van der Waals surface area contributed by atoms with E-state index in [0.717, 1.165) is 5.56 Å². The summed E-state index contributed by atoms with van der Waals surface area (Å²) < 4.78 is 10.6. The van der Waals surface area contributed by atoms with Crippen molar-refractivity contribution in [2.45, 2.75) is 26.3 Å². The highest BCUT2D eigenvalue weighted by Gasteiger charge is 2.32. The lowest BCUT2D eigenvalue weighted by molar-refractivity contribution is -0.118. The van der Waals surface area contributed by atoms with Crippen molar-refractivity contribution in [1.29, 1.82) is 0 Å². The zero-order valence-corrected chi connectivity index (χ0v) is 20.7. The summed E-state index contributed by atoms with van der Waals surface area (Å²) in [7, 11) is 1.57. The van der Waals surface area contributed by atoms with E-state index in [1.807, 2.05) is 30.3 Å². The molecule has 2 aromatic carbocycles. The minimum Gasteiger partial charge on any atom is -0.497 e. The van der Waals surface area contributed by atoms with Gasteiger partial charge in [-0.05, 0) is 47.4 Å². The number of anilines is 1. The van der Waals surface area contributed by atoms with Crippen molar-refractivity contribution in [2.75, 3.05) is 17.8 Å². The number of nitrogens with zero attached hydrogens (tertiary/aromatic N) is 2. The molecule has 0 bridgehead atoms. The standard InChI is InChI=1S/C27H27N3O4S/c1-18(2)20-11-9-19(10-12-20)14-24-26(32)30(21-6-4-7-22(15-21)33-3)27(29-24)35-17-25(31)28-16-23-8-5-13-34-23/h4-15,18H,16-17H2,1-3H3,(H,28,31)/b24-14+. The van der Waals surface area contributed by atoms with E-state index in [9.17, 15) is 9.59 Å². The van der Waals surface area contributed by atoms with Crippen LogP contribution in [0.25, 0.3) is 6.08 Å². The van der Waals surface area contributed by atoms with Crippen molar-refractivity contribution in [3.8, 4) is 5.75 Å². The third kappa shape index (κ3) is 6.02. The van der Waals surface area contributed by atoms with Crippen molar-refractivity contribution in [3.63, 3.8) is 0 Å². The molecular weight excluding hydrogens is 462 g/mol. The van der Waals surface area contributed by atoms with Gasteiger partial charge in [-0.25, -0.2) is 4.99 Å². The number of carbonyl (C=O) groups excluding carboxylic acids is 2. The maximum atomic E-state index is 13.4. The van der Waals surface area contributed by atoms with Gasteiger partial charge in [0.05, 0.1) is 31.4 Å². The molecule has 7 nitrogen and oxygen atoms in total. The fourth-order valence-electron chi connectivity index (χ4n) is 3.49. The molecule has 0 radical (unpaired) electrons. The van der Waals surface area contributed by atoms with Gasteiger partial charge in [-0.15, -0.1) is 0 Å². The topological polar surface area (TPSA) is 84.1 Å². The highest BCUT2D eigenvalue weighted by molar-refractivity contribution is 8.14. The highest BCUT2D eigenvalue weighted by Crippen LogP contribution is 2.31. The van der Waals surface area contributed by atoms with Crippen LogP contribution >= 0.6 is 11.8 Å². The van der Waals surface area contributed by atoms with E-state index >= 15 is 0 Å². The molecule has 180 valence electrons. The zero-order chi connectivity index (χ0) is 24.8. The number of amidine groups is 1. The summed E-state index contributed by atoms with van der Waals surface area (Å²) in [5, 5.41) is 3.24. The summed E-state index contributed by atoms with van der Waals surface area (Å²) in [6.45, 7) is 4.58. The Balaban J connectivity index is 1.55. The van der Waals surface area contributed by atoms with E-state index in [0.29, 0.717) is 40.5 Å². The quantitative estimate of drug-likeness (QED) is 0.440. The van der Waals surface area contributed by atoms with E-state index < -0.39 is 0 Å². The Kier molecular flexibility index (Phi) is 7.72. The number of nitrogens with one attached hydrogen (secondary N) is 1. The van der Waals surface area contributed by atoms with Crippen molar-refractivity contribution < 1.29 is 18.7 Å². The van der Waals surface area contributed by atoms with Crippen LogP contribution in [0, 0.1) is 0 Å². The number of thioether (sulfide) groups is 1. The third-order valence-electron chi connectivity index (χ3n) is 5.42. The Morgan fingerprint density at radius 2 is 1.97 bits per heavy atom. The Morgan fingerprint density at radius 3 is 2.66 bits per heavy atom. The number of ether oxygens (including phenoxy) is 1. The second-order valence-corrected chi connectivity index (χ2v) is 9.17. The summed E-state index contributed by atoms with van der Waals surface area (Å²) >= 11 is 1.20. The monoisotopic (exact) mass is 489 g/mol. The van der Waals surface area contributed by atoms with Crippen molar-refractivity contribution >= 4 is 40.5 Å². The molecule has 1 aliphatic heterocycles. The number of hydrogen-bond acceptors (Lipinski definition) is 6. The number of rotatable bonds is 8. The van der Waals surface area contributed by atoms with Crippen LogP contribution in [-0.2, 0) is 16.1 Å². The largest absolute Gasteiger partial charge is 0.497 e. The molecular formula is C27H27N3O4S. The molecule has 1 aromatic heterocycles. The molecule has 35 heavy (non-hydrogen) atoms. The van der Waals surface area contributed by atoms with Crippen LogP contribution < -0.4 is 15.0 Å². The maximum absolute atomic E-state index is 13.4. The van der Waals surface area contributed by atoms with Crippen LogP contribution in [0.2, 0.25) is 0 Å². The Bertz CT molecular complexity index is 1250. The Hall–Kier alpha value is -3.78. The molecule has 2 heterocycles. The van der Waals surface area contributed by atoms with Crippen LogP contribution in [0.15, 0.2) is 82.0 Å². The number of hydrogen-bond donors (Lipinski definition) is 1. The van der Waals surface area contributed by atoms with Gasteiger partial charge in [0.1, 0.15) is 17.2 Å². The molecule has 1 aliphatic rings. The molecule has 0 atom stereocenters. The number of amides is 2. The summed E-state index contributed by atoms with van der Waals surface area (Å²) in [6.07, 6.45) is 3.33. The zero-order valence-electron chi connectivity index (χ0n) is 19.9. The summed E-state index contributed by atoms with van der Waals surface area (Å²) in [5.41, 5.74) is 3.04. The van der Waals surface area contributed by atoms with Crippen LogP contribution in [0.4, 0.5) is 5.69 Å². The van der Waals surface area contributed by atoms with Gasteiger partial charge in [0.25, 0.3) is 5.91 Å². The maximum Gasteiger partial charge on any atom is 0.283 e.